The number of ether oxygens (including phenoxy) is 1. The fourth-order valence-electron chi connectivity index (χ4n) is 2.42. The second kappa shape index (κ2) is 8.75. The van der Waals surface area contributed by atoms with E-state index in [4.69, 9.17) is 4.74 Å². The Hall–Kier alpha value is -3.48. The summed E-state index contributed by atoms with van der Waals surface area (Å²) in [5.74, 6) is 0.393. The fourth-order valence-corrected chi connectivity index (χ4v) is 2.42. The van der Waals surface area contributed by atoms with Crippen molar-refractivity contribution in [3.63, 3.8) is 0 Å². The van der Waals surface area contributed by atoms with Crippen LogP contribution in [0.15, 0.2) is 60.7 Å². The Labute approximate surface area is 156 Å². The lowest BCUT2D eigenvalue weighted by Gasteiger charge is -2.11. The zero-order chi connectivity index (χ0) is 19.1. The second-order valence-electron chi connectivity index (χ2n) is 5.63. The molecule has 2 N–H and O–H groups in total. The number of para-hydroxylation sites is 2. The Morgan fingerprint density at radius 1 is 1.04 bits per heavy atom. The minimum atomic E-state index is -0.424. The van der Waals surface area contributed by atoms with Gasteiger partial charge < -0.3 is 15.4 Å². The molecule has 6 nitrogen and oxygen atoms in total. The number of carbonyl (C=O) groups is 1. The molecule has 0 fully saturated rings. The molecule has 138 valence electrons. The van der Waals surface area contributed by atoms with Crippen LogP contribution in [0, 0.1) is 5.82 Å². The molecule has 0 aliphatic carbocycles. The highest BCUT2D eigenvalue weighted by molar-refractivity contribution is 5.92. The van der Waals surface area contributed by atoms with E-state index in [9.17, 15) is 9.18 Å². The van der Waals surface area contributed by atoms with Gasteiger partial charge in [0.25, 0.3) is 5.91 Å². The van der Waals surface area contributed by atoms with Gasteiger partial charge in [0.15, 0.2) is 11.5 Å². The van der Waals surface area contributed by atoms with Crippen molar-refractivity contribution in [1.29, 1.82) is 0 Å². The third kappa shape index (κ3) is 4.78. The van der Waals surface area contributed by atoms with E-state index >= 15 is 0 Å². The highest BCUT2D eigenvalue weighted by atomic mass is 19.1. The maximum Gasteiger partial charge on any atom is 0.272 e. The van der Waals surface area contributed by atoms with Gasteiger partial charge in [0, 0.05) is 12.1 Å². The van der Waals surface area contributed by atoms with Crippen molar-refractivity contribution < 1.29 is 13.9 Å². The first kappa shape index (κ1) is 18.3. The topological polar surface area (TPSA) is 76.1 Å². The number of anilines is 2. The standard InChI is InChI=1S/C20H19FN4O2/c1-2-27-18-10-6-5-9-16(18)23-19-12-11-17(24-25-19)20(26)22-13-14-7-3-4-8-15(14)21/h3-12H,2,13H2,1H3,(H,22,26)(H,23,25). The van der Waals surface area contributed by atoms with Gasteiger partial charge in [-0.25, -0.2) is 4.39 Å². The predicted octanol–water partition coefficient (Wildman–Crippen LogP) is 3.69. The lowest BCUT2D eigenvalue weighted by atomic mass is 10.2. The number of amides is 1. The van der Waals surface area contributed by atoms with Crippen molar-refractivity contribution in [3.05, 3.63) is 77.7 Å². The Balaban J connectivity index is 1.63. The lowest BCUT2D eigenvalue weighted by Crippen LogP contribution is -2.24. The molecule has 0 saturated carbocycles. The monoisotopic (exact) mass is 366 g/mol. The van der Waals surface area contributed by atoms with Crippen molar-refractivity contribution in [2.75, 3.05) is 11.9 Å². The van der Waals surface area contributed by atoms with Gasteiger partial charge in [-0.2, -0.15) is 0 Å². The van der Waals surface area contributed by atoms with E-state index in [1.165, 1.54) is 6.07 Å². The molecule has 0 aliphatic heterocycles. The third-order valence-electron chi connectivity index (χ3n) is 3.74. The number of halogens is 1. The summed E-state index contributed by atoms with van der Waals surface area (Å²) in [4.78, 5) is 12.2. The van der Waals surface area contributed by atoms with Crippen LogP contribution in [0.3, 0.4) is 0 Å². The molecule has 0 saturated heterocycles. The number of benzene rings is 2. The normalized spacial score (nSPS) is 10.3. The summed E-state index contributed by atoms with van der Waals surface area (Å²) < 4.78 is 19.1. The molecule has 0 radical (unpaired) electrons. The first-order valence-electron chi connectivity index (χ1n) is 8.51. The van der Waals surface area contributed by atoms with Gasteiger partial charge in [0.2, 0.25) is 0 Å². The van der Waals surface area contributed by atoms with Crippen LogP contribution in [0.25, 0.3) is 0 Å². The molecule has 3 aromatic rings. The van der Waals surface area contributed by atoms with Crippen molar-refractivity contribution in [1.82, 2.24) is 15.5 Å². The molecule has 0 spiro atoms. The summed E-state index contributed by atoms with van der Waals surface area (Å²) in [6, 6.07) is 16.9. The molecular weight excluding hydrogens is 347 g/mol. The summed E-state index contributed by atoms with van der Waals surface area (Å²) in [5, 5.41) is 13.7. The molecule has 0 bridgehead atoms. The zero-order valence-electron chi connectivity index (χ0n) is 14.8. The van der Waals surface area contributed by atoms with Crippen LogP contribution >= 0.6 is 0 Å². The van der Waals surface area contributed by atoms with Crippen molar-refractivity contribution in [2.45, 2.75) is 13.5 Å². The van der Waals surface area contributed by atoms with E-state index in [2.05, 4.69) is 20.8 Å². The zero-order valence-corrected chi connectivity index (χ0v) is 14.8. The van der Waals surface area contributed by atoms with Gasteiger partial charge in [0.05, 0.1) is 12.3 Å². The maximum atomic E-state index is 13.6. The minimum absolute atomic E-state index is 0.0783. The van der Waals surface area contributed by atoms with Crippen LogP contribution in [0.1, 0.15) is 23.0 Å². The first-order valence-corrected chi connectivity index (χ1v) is 8.51. The van der Waals surface area contributed by atoms with Crippen LogP contribution < -0.4 is 15.4 Å². The van der Waals surface area contributed by atoms with E-state index in [1.807, 2.05) is 31.2 Å². The number of hydrogen-bond donors (Lipinski definition) is 2. The number of hydrogen-bond acceptors (Lipinski definition) is 5. The minimum Gasteiger partial charge on any atom is -0.492 e. The Bertz CT molecular complexity index is 916. The van der Waals surface area contributed by atoms with Gasteiger partial charge in [-0.05, 0) is 37.3 Å². The SMILES string of the molecule is CCOc1ccccc1Nc1ccc(C(=O)NCc2ccccc2F)nn1. The quantitative estimate of drug-likeness (QED) is 0.667. The third-order valence-corrected chi connectivity index (χ3v) is 3.74. The van der Waals surface area contributed by atoms with Crippen molar-refractivity contribution in [2.24, 2.45) is 0 Å². The van der Waals surface area contributed by atoms with Crippen LogP contribution in [0.5, 0.6) is 5.75 Å². The van der Waals surface area contributed by atoms with Crippen molar-refractivity contribution in [3.8, 4) is 5.75 Å². The molecule has 0 aliphatic rings. The summed E-state index contributed by atoms with van der Waals surface area (Å²) in [5.41, 5.74) is 1.31. The Kier molecular flexibility index (Phi) is 5.94. The highest BCUT2D eigenvalue weighted by Gasteiger charge is 2.10. The van der Waals surface area contributed by atoms with Crippen molar-refractivity contribution >= 4 is 17.4 Å². The molecule has 1 amide bonds. The highest BCUT2D eigenvalue weighted by Crippen LogP contribution is 2.26. The van der Waals surface area contributed by atoms with Crippen LogP contribution in [0.2, 0.25) is 0 Å². The summed E-state index contributed by atoms with van der Waals surface area (Å²) >= 11 is 0. The molecule has 0 unspecified atom stereocenters. The predicted molar refractivity (Wildman–Crippen MR) is 100 cm³/mol. The van der Waals surface area contributed by atoms with Gasteiger partial charge in [-0.3, -0.25) is 4.79 Å². The molecule has 1 aromatic heterocycles. The van der Waals surface area contributed by atoms with Gasteiger partial charge in [0.1, 0.15) is 11.6 Å². The molecule has 0 atom stereocenters. The molecule has 3 rings (SSSR count). The largest absolute Gasteiger partial charge is 0.492 e. The summed E-state index contributed by atoms with van der Waals surface area (Å²) in [6.07, 6.45) is 0. The molecular formula is C20H19FN4O2. The summed E-state index contributed by atoms with van der Waals surface area (Å²) in [7, 11) is 0. The van der Waals surface area contributed by atoms with Crippen LogP contribution in [-0.2, 0) is 6.54 Å². The molecule has 7 heteroatoms. The van der Waals surface area contributed by atoms with Crippen LogP contribution in [0.4, 0.5) is 15.9 Å². The van der Waals surface area contributed by atoms with E-state index in [1.54, 1.807) is 30.3 Å². The smallest absolute Gasteiger partial charge is 0.272 e. The fraction of sp³-hybridized carbons (Fsp3) is 0.150. The van der Waals surface area contributed by atoms with Gasteiger partial charge >= 0.3 is 0 Å². The second-order valence-corrected chi connectivity index (χ2v) is 5.63. The Morgan fingerprint density at radius 2 is 1.81 bits per heavy atom. The molecule has 27 heavy (non-hydrogen) atoms. The molecule has 1 heterocycles. The van der Waals surface area contributed by atoms with E-state index in [0.717, 1.165) is 5.69 Å². The van der Waals surface area contributed by atoms with E-state index < -0.39 is 5.91 Å². The summed E-state index contributed by atoms with van der Waals surface area (Å²) in [6.45, 7) is 2.53. The van der Waals surface area contributed by atoms with Gasteiger partial charge in [-0.15, -0.1) is 10.2 Å². The lowest BCUT2D eigenvalue weighted by molar-refractivity contribution is 0.0944. The number of nitrogens with zero attached hydrogens (tertiary/aromatic N) is 2. The number of nitrogens with one attached hydrogen (secondary N) is 2. The first-order chi connectivity index (χ1) is 13.2. The van der Waals surface area contributed by atoms with E-state index in [-0.39, 0.29) is 18.1 Å². The number of aromatic nitrogens is 2. The number of carbonyl (C=O) groups excluding carboxylic acids is 1. The average Bonchev–Trinajstić information content (AvgIpc) is 2.69. The maximum absolute atomic E-state index is 13.6. The number of rotatable bonds is 7. The average molecular weight is 366 g/mol. The molecule has 2 aromatic carbocycles. The van der Waals surface area contributed by atoms with Gasteiger partial charge in [-0.1, -0.05) is 30.3 Å². The van der Waals surface area contributed by atoms with Crippen LogP contribution in [-0.4, -0.2) is 22.7 Å². The Morgan fingerprint density at radius 3 is 2.56 bits per heavy atom. The van der Waals surface area contributed by atoms with E-state index in [0.29, 0.717) is 23.7 Å².